The van der Waals surface area contributed by atoms with Gasteiger partial charge >= 0.3 is 0 Å². The van der Waals surface area contributed by atoms with Crippen LogP contribution in [0.1, 0.15) is 22.3 Å². The Morgan fingerprint density at radius 1 is 0.600 bits per heavy atom. The van der Waals surface area contributed by atoms with Gasteiger partial charge in [-0.2, -0.15) is 25.3 Å². The van der Waals surface area contributed by atoms with Gasteiger partial charge in [-0.1, -0.05) is 60.7 Å². The minimum atomic E-state index is -0.405. The highest BCUT2D eigenvalue weighted by Crippen LogP contribution is 2.57. The van der Waals surface area contributed by atoms with Crippen molar-refractivity contribution in [2.45, 2.75) is 15.2 Å². The molecule has 0 saturated carbocycles. The topological polar surface area (TPSA) is 0 Å². The van der Waals surface area contributed by atoms with Crippen molar-refractivity contribution in [1.82, 2.24) is 0 Å². The lowest BCUT2D eigenvalue weighted by Crippen LogP contribution is -2.28. The highest BCUT2D eigenvalue weighted by Gasteiger charge is 2.46. The maximum Gasteiger partial charge on any atom is 0.0714 e. The number of halogens is 2. The first-order valence-electron chi connectivity index (χ1n) is 11.4. The minimum absolute atomic E-state index is 0.405. The van der Waals surface area contributed by atoms with E-state index in [0.717, 1.165) is 32.0 Å². The molecule has 0 aliphatic heterocycles. The van der Waals surface area contributed by atoms with Crippen LogP contribution in [0.2, 0.25) is 0 Å². The molecule has 35 heavy (non-hydrogen) atoms. The van der Waals surface area contributed by atoms with Gasteiger partial charge < -0.3 is 0 Å². The molecule has 0 nitrogen and oxygen atoms in total. The van der Waals surface area contributed by atoms with Gasteiger partial charge in [-0.3, -0.25) is 0 Å². The van der Waals surface area contributed by atoms with Crippen molar-refractivity contribution in [3.63, 3.8) is 0 Å². The molecule has 0 spiro atoms. The summed E-state index contributed by atoms with van der Waals surface area (Å²) in [6.07, 6.45) is 0. The van der Waals surface area contributed by atoms with Gasteiger partial charge in [0.2, 0.25) is 0 Å². The molecule has 0 N–H and O–H groups in total. The van der Waals surface area contributed by atoms with Crippen molar-refractivity contribution in [2.24, 2.45) is 0 Å². The molecule has 0 unspecified atom stereocenters. The number of hydrogen-bond acceptors (Lipinski definition) is 4. The summed E-state index contributed by atoms with van der Waals surface area (Å²) in [5.41, 5.74) is 7.38. The van der Waals surface area contributed by atoms with E-state index in [2.05, 4.69) is 142 Å². The molecule has 4 aromatic rings. The second kappa shape index (κ2) is 11.3. The van der Waals surface area contributed by atoms with E-state index in [0.29, 0.717) is 0 Å². The molecule has 0 heterocycles. The van der Waals surface area contributed by atoms with Crippen molar-refractivity contribution in [3.8, 4) is 11.1 Å². The summed E-state index contributed by atoms with van der Waals surface area (Å²) in [5.74, 6) is 3.68. The van der Waals surface area contributed by atoms with Gasteiger partial charge in [-0.25, -0.2) is 0 Å². The molecule has 0 atom stereocenters. The minimum Gasteiger partial charge on any atom is -0.178 e. The fourth-order valence-electron chi connectivity index (χ4n) is 5.04. The third-order valence-corrected chi connectivity index (χ3v) is 11.4. The second-order valence-electron chi connectivity index (χ2n) is 8.28. The van der Waals surface area contributed by atoms with Crippen molar-refractivity contribution >= 4 is 80.6 Å². The van der Waals surface area contributed by atoms with E-state index in [1.54, 1.807) is 0 Å². The first-order chi connectivity index (χ1) is 17.1. The van der Waals surface area contributed by atoms with Crippen LogP contribution in [-0.4, -0.2) is 23.0 Å². The molecule has 0 aromatic heterocycles. The number of rotatable bonds is 8. The smallest absolute Gasteiger partial charge is 0.0714 e. The van der Waals surface area contributed by atoms with Crippen LogP contribution >= 0.6 is 80.6 Å². The Morgan fingerprint density at radius 3 is 1.43 bits per heavy atom. The third-order valence-electron chi connectivity index (χ3n) is 6.38. The number of thioether (sulfide) groups is 2. The fraction of sp³-hybridized carbons (Fsp3) is 0.172. The third kappa shape index (κ3) is 4.68. The summed E-state index contributed by atoms with van der Waals surface area (Å²) in [7, 11) is 0. The van der Waals surface area contributed by atoms with Crippen LogP contribution in [0.4, 0.5) is 0 Å². The molecule has 0 fully saturated rings. The average Bonchev–Trinajstić information content (AvgIpc) is 3.18. The number of hydrogen-bond donors (Lipinski definition) is 2. The molecule has 0 bridgehead atoms. The van der Waals surface area contributed by atoms with Crippen LogP contribution < -0.4 is 0 Å². The van der Waals surface area contributed by atoms with Crippen LogP contribution in [0.3, 0.4) is 0 Å². The zero-order valence-electron chi connectivity index (χ0n) is 18.9. The van der Waals surface area contributed by atoms with Crippen LogP contribution in [0.5, 0.6) is 0 Å². The zero-order chi connectivity index (χ0) is 24.4. The van der Waals surface area contributed by atoms with E-state index in [1.165, 1.54) is 43.2 Å². The van der Waals surface area contributed by atoms with Crippen molar-refractivity contribution in [3.05, 3.63) is 116 Å². The lowest BCUT2D eigenvalue weighted by molar-refractivity contribution is 0.764. The molecule has 1 aliphatic carbocycles. The van der Waals surface area contributed by atoms with E-state index < -0.39 is 5.41 Å². The Hall–Kier alpha value is -0.760. The lowest BCUT2D eigenvalue weighted by Gasteiger charge is -2.34. The van der Waals surface area contributed by atoms with E-state index >= 15 is 0 Å². The van der Waals surface area contributed by atoms with Crippen LogP contribution in [0, 0.1) is 0 Å². The summed E-state index contributed by atoms with van der Waals surface area (Å²) in [6.45, 7) is 0. The molecule has 0 saturated heterocycles. The Morgan fingerprint density at radius 2 is 1.03 bits per heavy atom. The first-order valence-corrected chi connectivity index (χ1v) is 16.2. The van der Waals surface area contributed by atoms with Gasteiger partial charge in [0.15, 0.2) is 0 Å². The van der Waals surface area contributed by atoms with Gasteiger partial charge in [0, 0.05) is 30.2 Å². The highest BCUT2D eigenvalue weighted by molar-refractivity contribution is 9.10. The summed E-state index contributed by atoms with van der Waals surface area (Å²) >= 11 is 20.2. The molecule has 1 aliphatic rings. The predicted octanol–water partition coefficient (Wildman–Crippen LogP) is 9.62. The Labute approximate surface area is 244 Å². The predicted molar refractivity (Wildman–Crippen MR) is 168 cm³/mol. The van der Waals surface area contributed by atoms with Crippen molar-refractivity contribution in [2.75, 3.05) is 23.0 Å². The Balaban J connectivity index is 1.78. The SMILES string of the molecule is SCCSc1ccc(C2(c3ccc(SCCS)c(Br)c3)c3ccccc3-c3ccccc32)cc1Br. The van der Waals surface area contributed by atoms with Gasteiger partial charge in [-0.05, 0) is 101 Å². The van der Waals surface area contributed by atoms with E-state index in [1.807, 2.05) is 23.5 Å². The van der Waals surface area contributed by atoms with Crippen LogP contribution in [0.25, 0.3) is 11.1 Å². The van der Waals surface area contributed by atoms with Gasteiger partial charge in [-0.15, -0.1) is 23.5 Å². The van der Waals surface area contributed by atoms with Gasteiger partial charge in [0.1, 0.15) is 0 Å². The lowest BCUT2D eigenvalue weighted by atomic mass is 9.68. The maximum absolute atomic E-state index is 4.39. The Bertz CT molecular complexity index is 1260. The summed E-state index contributed by atoms with van der Waals surface area (Å²) < 4.78 is 2.26. The number of fused-ring (bicyclic) bond motifs is 3. The monoisotopic (exact) mass is 658 g/mol. The second-order valence-corrected chi connectivity index (χ2v) is 13.2. The van der Waals surface area contributed by atoms with Crippen molar-refractivity contribution in [1.29, 1.82) is 0 Å². The summed E-state index contributed by atoms with van der Waals surface area (Å²) in [5, 5.41) is 0. The van der Waals surface area contributed by atoms with Crippen LogP contribution in [0.15, 0.2) is 104 Å². The normalized spacial score (nSPS) is 13.5. The largest absolute Gasteiger partial charge is 0.178 e. The zero-order valence-corrected chi connectivity index (χ0v) is 25.5. The molecule has 4 aromatic carbocycles. The standard InChI is InChI=1S/C29H24Br2S4/c30-25-17-19(9-11-27(25)34-15-13-32)29(20-10-12-28(26(31)18-20)35-16-14-33)23-7-3-1-5-21(23)22-6-2-4-8-24(22)29/h1-12,17-18,32-33H,13-16H2. The van der Waals surface area contributed by atoms with Crippen molar-refractivity contribution < 1.29 is 0 Å². The summed E-state index contributed by atoms with van der Waals surface area (Å²) in [4.78, 5) is 2.49. The molecule has 0 radical (unpaired) electrons. The van der Waals surface area contributed by atoms with E-state index in [4.69, 9.17) is 0 Å². The molecule has 0 amide bonds. The summed E-state index contributed by atoms with van der Waals surface area (Å²) in [6, 6.07) is 31.5. The Kier molecular flexibility index (Phi) is 8.37. The molecule has 5 rings (SSSR count). The molecule has 6 heteroatoms. The number of benzene rings is 4. The molecular weight excluding hydrogens is 636 g/mol. The maximum atomic E-state index is 4.39. The van der Waals surface area contributed by atoms with E-state index in [-0.39, 0.29) is 0 Å². The average molecular weight is 661 g/mol. The van der Waals surface area contributed by atoms with E-state index in [9.17, 15) is 0 Å². The first kappa shape index (κ1) is 25.9. The van der Waals surface area contributed by atoms with Gasteiger partial charge in [0.05, 0.1) is 5.41 Å². The fourth-order valence-corrected chi connectivity index (χ4v) is 8.37. The highest BCUT2D eigenvalue weighted by atomic mass is 79.9. The quantitative estimate of drug-likeness (QED) is 0.126. The number of thiol groups is 2. The molecular formula is C29H24Br2S4. The molecule has 178 valence electrons. The van der Waals surface area contributed by atoms with Crippen LogP contribution in [-0.2, 0) is 5.41 Å². The van der Waals surface area contributed by atoms with Gasteiger partial charge in [0.25, 0.3) is 0 Å².